The predicted octanol–water partition coefficient (Wildman–Crippen LogP) is 4.14. The number of alkyl halides is 3. The topological polar surface area (TPSA) is 64.6 Å². The largest absolute Gasteiger partial charge is 0.573 e. The number of carbonyl (C=O) groups is 1. The number of halogens is 3. The van der Waals surface area contributed by atoms with Crippen LogP contribution < -0.4 is 4.74 Å². The number of benzene rings is 1. The summed E-state index contributed by atoms with van der Waals surface area (Å²) in [5.41, 5.74) is 3.04. The standard InChI is InChI=1S/C22H18F3N3O3/c23-22(24,25)31-19-5-3-16(4-6-19)17-8-18(11-27-10-17)20-13-30-14-21(29)28(20)12-15-2-1-7-26-9-15/h1-11,20H,12-14H2. The van der Waals surface area contributed by atoms with Crippen molar-refractivity contribution >= 4 is 5.91 Å². The normalized spacial score (nSPS) is 16.9. The maximum absolute atomic E-state index is 12.5. The Labute approximate surface area is 176 Å². The monoisotopic (exact) mass is 429 g/mol. The quantitative estimate of drug-likeness (QED) is 0.610. The summed E-state index contributed by atoms with van der Waals surface area (Å²) in [5, 5.41) is 0. The maximum atomic E-state index is 12.5. The summed E-state index contributed by atoms with van der Waals surface area (Å²) in [6.07, 6.45) is 1.90. The summed E-state index contributed by atoms with van der Waals surface area (Å²) < 4.78 is 46.5. The molecule has 1 aromatic carbocycles. The van der Waals surface area contributed by atoms with Gasteiger partial charge in [-0.2, -0.15) is 0 Å². The molecule has 0 spiro atoms. The Bertz CT molecular complexity index is 1040. The van der Waals surface area contributed by atoms with Crippen LogP contribution in [0.5, 0.6) is 5.75 Å². The van der Waals surface area contributed by atoms with Gasteiger partial charge in [-0.3, -0.25) is 14.8 Å². The summed E-state index contributed by atoms with van der Waals surface area (Å²) in [4.78, 5) is 22.6. The molecule has 1 atom stereocenters. The van der Waals surface area contributed by atoms with Crippen LogP contribution in [-0.4, -0.2) is 40.4 Å². The molecule has 0 saturated carbocycles. The van der Waals surface area contributed by atoms with Gasteiger partial charge in [-0.25, -0.2) is 0 Å². The second kappa shape index (κ2) is 8.73. The average molecular weight is 429 g/mol. The van der Waals surface area contributed by atoms with Crippen molar-refractivity contribution in [1.29, 1.82) is 0 Å². The summed E-state index contributed by atoms with van der Waals surface area (Å²) in [6.45, 7) is 0.703. The lowest BCUT2D eigenvalue weighted by molar-refractivity contribution is -0.274. The Kier molecular flexibility index (Phi) is 5.85. The minimum absolute atomic E-state index is 0.00451. The molecule has 1 aliphatic heterocycles. The zero-order valence-electron chi connectivity index (χ0n) is 16.2. The van der Waals surface area contributed by atoms with Gasteiger partial charge in [0.2, 0.25) is 5.91 Å². The van der Waals surface area contributed by atoms with E-state index in [-0.39, 0.29) is 24.3 Å². The second-order valence-electron chi connectivity index (χ2n) is 6.99. The van der Waals surface area contributed by atoms with E-state index in [1.165, 1.54) is 24.3 Å². The molecule has 0 aliphatic carbocycles. The van der Waals surface area contributed by atoms with E-state index in [2.05, 4.69) is 14.7 Å². The zero-order valence-corrected chi connectivity index (χ0v) is 16.2. The molecule has 0 bridgehead atoms. The Hall–Kier alpha value is -3.46. The Balaban J connectivity index is 1.58. The van der Waals surface area contributed by atoms with Crippen LogP contribution in [0.1, 0.15) is 17.2 Å². The first-order chi connectivity index (χ1) is 14.9. The number of amides is 1. The number of ether oxygens (including phenoxy) is 2. The molecule has 1 unspecified atom stereocenters. The van der Waals surface area contributed by atoms with Gasteiger partial charge in [0, 0.05) is 36.9 Å². The molecule has 0 radical (unpaired) electrons. The molecule has 0 N–H and O–H groups in total. The average Bonchev–Trinajstić information content (AvgIpc) is 2.75. The number of morpholine rings is 1. The van der Waals surface area contributed by atoms with Crippen molar-refractivity contribution in [3.8, 4) is 16.9 Å². The van der Waals surface area contributed by atoms with Crippen LogP contribution in [0, 0.1) is 0 Å². The van der Waals surface area contributed by atoms with Gasteiger partial charge in [-0.15, -0.1) is 13.2 Å². The molecule has 2 aromatic heterocycles. The fourth-order valence-electron chi connectivity index (χ4n) is 3.41. The lowest BCUT2D eigenvalue weighted by Crippen LogP contribution is -2.43. The number of carbonyl (C=O) groups excluding carboxylic acids is 1. The Morgan fingerprint density at radius 3 is 2.58 bits per heavy atom. The third kappa shape index (κ3) is 5.18. The molecule has 6 nitrogen and oxygen atoms in total. The highest BCUT2D eigenvalue weighted by Crippen LogP contribution is 2.30. The van der Waals surface area contributed by atoms with Crippen LogP contribution in [0.25, 0.3) is 11.1 Å². The van der Waals surface area contributed by atoms with Gasteiger partial charge in [0.1, 0.15) is 12.4 Å². The van der Waals surface area contributed by atoms with Crippen molar-refractivity contribution in [2.75, 3.05) is 13.2 Å². The van der Waals surface area contributed by atoms with Gasteiger partial charge >= 0.3 is 6.36 Å². The highest BCUT2D eigenvalue weighted by Gasteiger charge is 2.32. The first kappa shape index (κ1) is 20.8. The SMILES string of the molecule is O=C1COCC(c2cncc(-c3ccc(OC(F)(F)F)cc3)c2)N1Cc1cccnc1. The van der Waals surface area contributed by atoms with E-state index in [4.69, 9.17) is 4.74 Å². The molecule has 1 amide bonds. The summed E-state index contributed by atoms with van der Waals surface area (Å²) in [5.74, 6) is -0.437. The Morgan fingerprint density at radius 1 is 1.06 bits per heavy atom. The van der Waals surface area contributed by atoms with Crippen molar-refractivity contribution in [2.24, 2.45) is 0 Å². The van der Waals surface area contributed by atoms with E-state index in [9.17, 15) is 18.0 Å². The second-order valence-corrected chi connectivity index (χ2v) is 6.99. The fraction of sp³-hybridized carbons (Fsp3) is 0.227. The van der Waals surface area contributed by atoms with E-state index in [1.54, 1.807) is 29.7 Å². The van der Waals surface area contributed by atoms with Gasteiger partial charge < -0.3 is 14.4 Å². The van der Waals surface area contributed by atoms with Gasteiger partial charge in [-0.1, -0.05) is 18.2 Å². The van der Waals surface area contributed by atoms with Gasteiger partial charge in [0.15, 0.2) is 0 Å². The highest BCUT2D eigenvalue weighted by atomic mass is 19.4. The molecule has 4 rings (SSSR count). The van der Waals surface area contributed by atoms with Crippen LogP contribution in [0.15, 0.2) is 67.3 Å². The van der Waals surface area contributed by atoms with E-state index in [1.807, 2.05) is 18.2 Å². The van der Waals surface area contributed by atoms with E-state index < -0.39 is 6.36 Å². The molecule has 1 saturated heterocycles. The molecular formula is C22H18F3N3O3. The number of aromatic nitrogens is 2. The van der Waals surface area contributed by atoms with Crippen molar-refractivity contribution in [3.63, 3.8) is 0 Å². The van der Waals surface area contributed by atoms with Crippen LogP contribution >= 0.6 is 0 Å². The maximum Gasteiger partial charge on any atom is 0.573 e. The predicted molar refractivity (Wildman–Crippen MR) is 105 cm³/mol. The Morgan fingerprint density at radius 2 is 1.87 bits per heavy atom. The highest BCUT2D eigenvalue weighted by molar-refractivity contribution is 5.78. The van der Waals surface area contributed by atoms with Gasteiger partial charge in [-0.05, 0) is 41.0 Å². The molecular weight excluding hydrogens is 411 g/mol. The summed E-state index contributed by atoms with van der Waals surface area (Å²) in [7, 11) is 0. The molecule has 1 fully saturated rings. The van der Waals surface area contributed by atoms with Crippen LogP contribution in [0.4, 0.5) is 13.2 Å². The molecule has 9 heteroatoms. The minimum atomic E-state index is -4.74. The molecule has 31 heavy (non-hydrogen) atoms. The summed E-state index contributed by atoms with van der Waals surface area (Å²) in [6, 6.07) is 10.8. The van der Waals surface area contributed by atoms with Gasteiger partial charge in [0.25, 0.3) is 0 Å². The van der Waals surface area contributed by atoms with Gasteiger partial charge in [0.05, 0.1) is 12.6 Å². The molecule has 3 aromatic rings. The van der Waals surface area contributed by atoms with Crippen molar-refractivity contribution in [2.45, 2.75) is 18.9 Å². The molecule has 160 valence electrons. The smallest absolute Gasteiger partial charge is 0.406 e. The number of rotatable bonds is 5. The van der Waals surface area contributed by atoms with Crippen LogP contribution in [0.3, 0.4) is 0 Å². The lowest BCUT2D eigenvalue weighted by Gasteiger charge is -2.35. The molecule has 1 aliphatic rings. The third-order valence-electron chi connectivity index (χ3n) is 4.84. The fourth-order valence-corrected chi connectivity index (χ4v) is 3.41. The molecule has 3 heterocycles. The number of pyridine rings is 2. The first-order valence-corrected chi connectivity index (χ1v) is 9.46. The number of hydrogen-bond donors (Lipinski definition) is 0. The lowest BCUT2D eigenvalue weighted by atomic mass is 10.0. The van der Waals surface area contributed by atoms with E-state index in [0.717, 1.165) is 11.1 Å². The van der Waals surface area contributed by atoms with Crippen LogP contribution in [0.2, 0.25) is 0 Å². The van der Waals surface area contributed by atoms with Crippen molar-refractivity contribution < 1.29 is 27.4 Å². The number of hydrogen-bond acceptors (Lipinski definition) is 5. The number of nitrogens with zero attached hydrogens (tertiary/aromatic N) is 3. The van der Waals surface area contributed by atoms with E-state index in [0.29, 0.717) is 24.3 Å². The summed E-state index contributed by atoms with van der Waals surface area (Å²) >= 11 is 0. The van der Waals surface area contributed by atoms with E-state index >= 15 is 0 Å². The third-order valence-corrected chi connectivity index (χ3v) is 4.84. The minimum Gasteiger partial charge on any atom is -0.406 e. The van der Waals surface area contributed by atoms with Crippen LogP contribution in [-0.2, 0) is 16.1 Å². The zero-order chi connectivity index (χ0) is 21.8. The van der Waals surface area contributed by atoms with Crippen molar-refractivity contribution in [1.82, 2.24) is 14.9 Å². The first-order valence-electron chi connectivity index (χ1n) is 9.46. The van der Waals surface area contributed by atoms with Crippen molar-refractivity contribution in [3.05, 3.63) is 78.4 Å².